The number of esters is 1. The minimum atomic E-state index is -0.684. The third kappa shape index (κ3) is 6.98. The summed E-state index contributed by atoms with van der Waals surface area (Å²) in [5, 5.41) is 10.8. The lowest BCUT2D eigenvalue weighted by atomic mass is 10.1. The van der Waals surface area contributed by atoms with Crippen LogP contribution in [0.4, 0.5) is 5.13 Å². The summed E-state index contributed by atoms with van der Waals surface area (Å²) in [5.74, 6) is 0.661. The first-order valence-electron chi connectivity index (χ1n) is 13.4. The van der Waals surface area contributed by atoms with Crippen LogP contribution in [0.3, 0.4) is 0 Å². The Labute approximate surface area is 250 Å². The number of rotatable bonds is 11. The molecule has 5 rings (SSSR count). The summed E-state index contributed by atoms with van der Waals surface area (Å²) in [6.07, 6.45) is -0.174. The van der Waals surface area contributed by atoms with Gasteiger partial charge in [0.15, 0.2) is 11.2 Å². The SMILES string of the molecule is CCOC(=O)c1sc(NC(=O)c2cc(Oc3ccc(-c4nnc(C)o4)cc3)cc(OC3CCN(C)C3=O)c2)nc1COC. The molecular formula is C29H29N5O8S. The number of likely N-dealkylation sites (tertiary alicyclic amines) is 1. The fourth-order valence-electron chi connectivity index (χ4n) is 4.27. The van der Waals surface area contributed by atoms with Gasteiger partial charge in [-0.3, -0.25) is 14.9 Å². The van der Waals surface area contributed by atoms with Crippen molar-refractivity contribution < 1.29 is 37.7 Å². The van der Waals surface area contributed by atoms with E-state index in [1.165, 1.54) is 19.2 Å². The molecule has 0 saturated carbocycles. The summed E-state index contributed by atoms with van der Waals surface area (Å²) in [5.41, 5.74) is 1.25. The van der Waals surface area contributed by atoms with E-state index in [4.69, 9.17) is 23.4 Å². The summed E-state index contributed by atoms with van der Waals surface area (Å²) in [6.45, 7) is 4.23. The highest BCUT2D eigenvalue weighted by Crippen LogP contribution is 2.32. The molecule has 2 aromatic heterocycles. The molecule has 1 fully saturated rings. The molecule has 0 spiro atoms. The number of likely N-dealkylation sites (N-methyl/N-ethyl adjacent to an activating group) is 1. The quantitative estimate of drug-likeness (QED) is 0.240. The molecule has 43 heavy (non-hydrogen) atoms. The second kappa shape index (κ2) is 13.0. The number of nitrogens with zero attached hydrogens (tertiary/aromatic N) is 4. The Morgan fingerprint density at radius 1 is 1.12 bits per heavy atom. The molecule has 1 aliphatic rings. The number of ether oxygens (including phenoxy) is 4. The molecule has 0 aliphatic carbocycles. The Kier molecular flexibility index (Phi) is 8.97. The zero-order valence-electron chi connectivity index (χ0n) is 23.9. The molecule has 4 aromatic rings. The van der Waals surface area contributed by atoms with Crippen molar-refractivity contribution in [1.29, 1.82) is 0 Å². The van der Waals surface area contributed by atoms with Crippen LogP contribution in [0.5, 0.6) is 17.2 Å². The van der Waals surface area contributed by atoms with Crippen molar-refractivity contribution in [2.24, 2.45) is 0 Å². The van der Waals surface area contributed by atoms with Gasteiger partial charge in [0.2, 0.25) is 11.8 Å². The largest absolute Gasteiger partial charge is 0.480 e. The average molecular weight is 608 g/mol. The molecule has 224 valence electrons. The number of carbonyl (C=O) groups excluding carboxylic acids is 3. The summed E-state index contributed by atoms with van der Waals surface area (Å²) in [6, 6.07) is 11.6. The second-order valence-electron chi connectivity index (χ2n) is 9.50. The van der Waals surface area contributed by atoms with E-state index in [0.717, 1.165) is 11.3 Å². The number of methoxy groups -OCH3 is 1. The number of carbonyl (C=O) groups is 3. The van der Waals surface area contributed by atoms with Gasteiger partial charge in [-0.1, -0.05) is 11.3 Å². The lowest BCUT2D eigenvalue weighted by Gasteiger charge is -2.15. The van der Waals surface area contributed by atoms with E-state index in [9.17, 15) is 14.4 Å². The number of anilines is 1. The smallest absolute Gasteiger partial charge is 0.350 e. The van der Waals surface area contributed by atoms with E-state index in [2.05, 4.69) is 20.5 Å². The molecule has 1 N–H and O–H groups in total. The molecule has 2 aromatic carbocycles. The molecule has 2 amide bonds. The Morgan fingerprint density at radius 3 is 2.53 bits per heavy atom. The fraction of sp³-hybridized carbons (Fsp3) is 0.310. The van der Waals surface area contributed by atoms with Gasteiger partial charge in [0.05, 0.1) is 18.9 Å². The Bertz CT molecular complexity index is 1630. The van der Waals surface area contributed by atoms with E-state index in [1.807, 2.05) is 0 Å². The van der Waals surface area contributed by atoms with E-state index in [-0.39, 0.29) is 40.4 Å². The van der Waals surface area contributed by atoms with Crippen LogP contribution in [0, 0.1) is 6.92 Å². The lowest BCUT2D eigenvalue weighted by molar-refractivity contribution is -0.132. The van der Waals surface area contributed by atoms with Crippen LogP contribution in [-0.4, -0.2) is 71.3 Å². The monoisotopic (exact) mass is 607 g/mol. The van der Waals surface area contributed by atoms with Gasteiger partial charge in [0.25, 0.3) is 11.8 Å². The molecule has 1 unspecified atom stereocenters. The molecule has 1 saturated heterocycles. The number of hydrogen-bond acceptors (Lipinski definition) is 12. The third-order valence-corrected chi connectivity index (χ3v) is 7.31. The average Bonchev–Trinajstić information content (AvgIpc) is 3.69. The van der Waals surface area contributed by atoms with Crippen molar-refractivity contribution in [3.8, 4) is 28.7 Å². The van der Waals surface area contributed by atoms with Gasteiger partial charge in [-0.05, 0) is 43.3 Å². The van der Waals surface area contributed by atoms with Crippen molar-refractivity contribution >= 4 is 34.3 Å². The van der Waals surface area contributed by atoms with E-state index < -0.39 is 18.0 Å². The van der Waals surface area contributed by atoms with Crippen molar-refractivity contribution in [1.82, 2.24) is 20.1 Å². The third-order valence-electron chi connectivity index (χ3n) is 6.32. The molecule has 1 aliphatic heterocycles. The van der Waals surface area contributed by atoms with Crippen molar-refractivity contribution in [3.63, 3.8) is 0 Å². The highest BCUT2D eigenvalue weighted by Gasteiger charge is 2.31. The normalized spacial score (nSPS) is 14.6. The fourth-order valence-corrected chi connectivity index (χ4v) is 5.13. The first-order valence-corrected chi connectivity index (χ1v) is 14.2. The maximum Gasteiger partial charge on any atom is 0.350 e. The predicted molar refractivity (Wildman–Crippen MR) is 154 cm³/mol. The number of aryl methyl sites for hydroxylation is 1. The van der Waals surface area contributed by atoms with Crippen LogP contribution >= 0.6 is 11.3 Å². The van der Waals surface area contributed by atoms with Gasteiger partial charge < -0.3 is 28.3 Å². The summed E-state index contributed by atoms with van der Waals surface area (Å²) in [4.78, 5) is 44.5. The highest BCUT2D eigenvalue weighted by atomic mass is 32.1. The Hall–Kier alpha value is -4.82. The van der Waals surface area contributed by atoms with Gasteiger partial charge in [-0.25, -0.2) is 9.78 Å². The molecule has 1 atom stereocenters. The van der Waals surface area contributed by atoms with Crippen LogP contribution in [0.15, 0.2) is 46.9 Å². The maximum atomic E-state index is 13.4. The van der Waals surface area contributed by atoms with Gasteiger partial charge in [0.1, 0.15) is 22.1 Å². The van der Waals surface area contributed by atoms with Crippen LogP contribution in [0.25, 0.3) is 11.5 Å². The minimum Gasteiger partial charge on any atom is -0.480 e. The standard InChI is InChI=1S/C29H29N5O8S/c1-5-39-28(37)24-22(15-38-4)30-29(43-24)31-25(35)18-12-20(14-21(13-18)42-23-10-11-34(3)27(23)36)41-19-8-6-17(7-9-19)26-33-32-16(2)40-26/h6-9,12-14,23H,5,10-11,15H2,1-4H3,(H,30,31,35). The summed E-state index contributed by atoms with van der Waals surface area (Å²) < 4.78 is 27.8. The number of aromatic nitrogens is 3. The maximum absolute atomic E-state index is 13.4. The first kappa shape index (κ1) is 29.7. The predicted octanol–water partition coefficient (Wildman–Crippen LogP) is 4.48. The highest BCUT2D eigenvalue weighted by molar-refractivity contribution is 7.17. The number of amides is 2. The molecule has 3 heterocycles. The van der Waals surface area contributed by atoms with E-state index >= 15 is 0 Å². The number of nitrogens with one attached hydrogen (secondary N) is 1. The van der Waals surface area contributed by atoms with Crippen molar-refractivity contribution in [3.05, 3.63) is 64.5 Å². The minimum absolute atomic E-state index is 0.0661. The molecule has 0 bridgehead atoms. The number of hydrogen-bond donors (Lipinski definition) is 1. The van der Waals surface area contributed by atoms with Gasteiger partial charge >= 0.3 is 5.97 Å². The van der Waals surface area contributed by atoms with Crippen LogP contribution in [0.2, 0.25) is 0 Å². The molecule has 13 nitrogen and oxygen atoms in total. The van der Waals surface area contributed by atoms with Crippen molar-refractivity contribution in [2.75, 3.05) is 32.6 Å². The van der Waals surface area contributed by atoms with Gasteiger partial charge in [-0.15, -0.1) is 10.2 Å². The lowest BCUT2D eigenvalue weighted by Crippen LogP contribution is -2.29. The Balaban J connectivity index is 1.40. The van der Waals surface area contributed by atoms with Crippen LogP contribution in [-0.2, 0) is 20.9 Å². The summed E-state index contributed by atoms with van der Waals surface area (Å²) in [7, 11) is 3.19. The van der Waals surface area contributed by atoms with Gasteiger partial charge in [-0.2, -0.15) is 0 Å². The first-order chi connectivity index (χ1) is 20.7. The molecule has 0 radical (unpaired) electrons. The Morgan fingerprint density at radius 2 is 1.88 bits per heavy atom. The van der Waals surface area contributed by atoms with Crippen LogP contribution < -0.4 is 14.8 Å². The summed E-state index contributed by atoms with van der Waals surface area (Å²) >= 11 is 0.982. The zero-order chi connectivity index (χ0) is 30.5. The van der Waals surface area contributed by atoms with E-state index in [0.29, 0.717) is 47.5 Å². The zero-order valence-corrected chi connectivity index (χ0v) is 24.7. The van der Waals surface area contributed by atoms with Crippen LogP contribution in [0.1, 0.15) is 45.0 Å². The number of benzene rings is 2. The topological polar surface area (TPSA) is 155 Å². The second-order valence-corrected chi connectivity index (χ2v) is 10.5. The van der Waals surface area contributed by atoms with Crippen molar-refractivity contribution in [2.45, 2.75) is 33.0 Å². The van der Waals surface area contributed by atoms with E-state index in [1.54, 1.807) is 56.1 Å². The van der Waals surface area contributed by atoms with Gasteiger partial charge in [0, 0.05) is 51.2 Å². The molecular weight excluding hydrogens is 578 g/mol. The number of thiazole rings is 1. The molecule has 14 heteroatoms.